The Balaban J connectivity index is 1.82. The summed E-state index contributed by atoms with van der Waals surface area (Å²) in [6.45, 7) is 6.95. The molecule has 0 unspecified atom stereocenters. The van der Waals surface area contributed by atoms with Gasteiger partial charge in [0.15, 0.2) is 0 Å². The fourth-order valence-corrected chi connectivity index (χ4v) is 2.44. The van der Waals surface area contributed by atoms with E-state index in [0.717, 1.165) is 23.1 Å². The molecule has 8 nitrogen and oxygen atoms in total. The highest BCUT2D eigenvalue weighted by Crippen LogP contribution is 2.24. The van der Waals surface area contributed by atoms with Gasteiger partial charge in [-0.2, -0.15) is 0 Å². The molecule has 1 heterocycles. The molecule has 1 aromatic carbocycles. The molecule has 140 valence electrons. The maximum Gasteiger partial charge on any atom is 0.321 e. The van der Waals surface area contributed by atoms with Crippen molar-refractivity contribution in [1.82, 2.24) is 20.8 Å². The van der Waals surface area contributed by atoms with Crippen molar-refractivity contribution in [3.63, 3.8) is 0 Å². The summed E-state index contributed by atoms with van der Waals surface area (Å²) in [4.78, 5) is 23.3. The van der Waals surface area contributed by atoms with E-state index in [1.54, 1.807) is 0 Å². The predicted molar refractivity (Wildman–Crippen MR) is 98.0 cm³/mol. The summed E-state index contributed by atoms with van der Waals surface area (Å²) in [5.41, 5.74) is 0.755. The molecule has 0 bridgehead atoms. The first-order valence-corrected chi connectivity index (χ1v) is 9.23. The average molecular weight is 378 g/mol. The molecular weight excluding hydrogens is 356 g/mol. The van der Waals surface area contributed by atoms with Crippen LogP contribution in [0.15, 0.2) is 33.9 Å². The number of benzene rings is 1. The second kappa shape index (κ2) is 9.81. The Labute approximate surface area is 156 Å². The van der Waals surface area contributed by atoms with Crippen LogP contribution < -0.4 is 15.4 Å². The highest BCUT2D eigenvalue weighted by atomic mass is 32.2. The van der Waals surface area contributed by atoms with Gasteiger partial charge in [-0.15, -0.1) is 10.2 Å². The van der Waals surface area contributed by atoms with Gasteiger partial charge in [0.25, 0.3) is 5.22 Å². The fraction of sp³-hybridized carbons (Fsp3) is 0.412. The largest absolute Gasteiger partial charge is 0.494 e. The Hall–Kier alpha value is -2.55. The third-order valence-corrected chi connectivity index (χ3v) is 3.89. The van der Waals surface area contributed by atoms with Crippen molar-refractivity contribution in [1.29, 1.82) is 0 Å². The van der Waals surface area contributed by atoms with Crippen molar-refractivity contribution in [2.75, 3.05) is 18.9 Å². The molecule has 0 aliphatic heterocycles. The zero-order chi connectivity index (χ0) is 18.9. The minimum Gasteiger partial charge on any atom is -0.494 e. The van der Waals surface area contributed by atoms with Crippen LogP contribution in [0.5, 0.6) is 5.75 Å². The number of carbonyl (C=O) groups excluding carboxylic acids is 2. The number of nitrogens with zero attached hydrogens (tertiary/aromatic N) is 2. The van der Waals surface area contributed by atoms with Crippen LogP contribution >= 0.6 is 11.8 Å². The average Bonchev–Trinajstić information content (AvgIpc) is 3.08. The maximum atomic E-state index is 11.8. The molecule has 0 saturated heterocycles. The van der Waals surface area contributed by atoms with Crippen molar-refractivity contribution in [2.45, 2.75) is 26.0 Å². The molecule has 2 rings (SSSR count). The topological polar surface area (TPSA) is 106 Å². The van der Waals surface area contributed by atoms with E-state index in [9.17, 15) is 9.59 Å². The number of carbonyl (C=O) groups is 2. The normalized spacial score (nSPS) is 10.6. The molecule has 3 amide bonds. The van der Waals surface area contributed by atoms with Gasteiger partial charge in [0.1, 0.15) is 5.75 Å². The second-order valence-corrected chi connectivity index (χ2v) is 6.70. The van der Waals surface area contributed by atoms with Crippen molar-refractivity contribution in [3.8, 4) is 17.2 Å². The number of urea groups is 1. The smallest absolute Gasteiger partial charge is 0.321 e. The minimum absolute atomic E-state index is 0.00000966. The van der Waals surface area contributed by atoms with Crippen LogP contribution in [0.3, 0.4) is 0 Å². The van der Waals surface area contributed by atoms with Crippen molar-refractivity contribution < 1.29 is 18.7 Å². The summed E-state index contributed by atoms with van der Waals surface area (Å²) in [7, 11) is 0. The molecule has 0 aliphatic carbocycles. The van der Waals surface area contributed by atoms with E-state index >= 15 is 0 Å². The van der Waals surface area contributed by atoms with E-state index in [0.29, 0.717) is 25.0 Å². The summed E-state index contributed by atoms with van der Waals surface area (Å²) in [5.74, 6) is 0.991. The monoisotopic (exact) mass is 378 g/mol. The van der Waals surface area contributed by atoms with Gasteiger partial charge in [-0.1, -0.05) is 25.6 Å². The predicted octanol–water partition coefficient (Wildman–Crippen LogP) is 2.71. The van der Waals surface area contributed by atoms with Gasteiger partial charge in [-0.3, -0.25) is 10.1 Å². The fourth-order valence-electron chi connectivity index (χ4n) is 1.88. The van der Waals surface area contributed by atoms with Crippen LogP contribution in [0.4, 0.5) is 4.79 Å². The van der Waals surface area contributed by atoms with E-state index in [-0.39, 0.29) is 11.0 Å². The number of nitrogens with one attached hydrogen (secondary N) is 2. The number of aromatic nitrogens is 2. The number of thioether (sulfide) groups is 1. The molecule has 0 fully saturated rings. The van der Waals surface area contributed by atoms with Crippen LogP contribution in [0.2, 0.25) is 0 Å². The SMILES string of the molecule is CCOc1ccc(-c2nnc(SCC(=O)NC(=O)NCC(C)C)o2)cc1. The third-order valence-electron chi connectivity index (χ3n) is 3.07. The van der Waals surface area contributed by atoms with Gasteiger partial charge in [0.2, 0.25) is 11.8 Å². The van der Waals surface area contributed by atoms with Gasteiger partial charge in [-0.25, -0.2) is 4.79 Å². The first-order chi connectivity index (χ1) is 12.5. The van der Waals surface area contributed by atoms with E-state index < -0.39 is 11.9 Å². The van der Waals surface area contributed by atoms with Crippen molar-refractivity contribution >= 4 is 23.7 Å². The van der Waals surface area contributed by atoms with E-state index in [1.165, 1.54) is 0 Å². The molecule has 2 N–H and O–H groups in total. The van der Waals surface area contributed by atoms with Crippen molar-refractivity contribution in [2.24, 2.45) is 5.92 Å². The minimum atomic E-state index is -0.509. The van der Waals surface area contributed by atoms with Crippen LogP contribution in [0, 0.1) is 5.92 Å². The number of amides is 3. The van der Waals surface area contributed by atoms with Gasteiger partial charge < -0.3 is 14.5 Å². The first kappa shape index (κ1) is 19.8. The van der Waals surface area contributed by atoms with E-state index in [2.05, 4.69) is 20.8 Å². The van der Waals surface area contributed by atoms with Crippen molar-refractivity contribution in [3.05, 3.63) is 24.3 Å². The molecular formula is C17H22N4O4S. The summed E-state index contributed by atoms with van der Waals surface area (Å²) in [6.07, 6.45) is 0. The zero-order valence-corrected chi connectivity index (χ0v) is 15.8. The second-order valence-electron chi connectivity index (χ2n) is 5.77. The number of hydrogen-bond donors (Lipinski definition) is 2. The van der Waals surface area contributed by atoms with Gasteiger partial charge >= 0.3 is 6.03 Å². The Morgan fingerprint density at radius 2 is 1.96 bits per heavy atom. The summed E-state index contributed by atoms with van der Waals surface area (Å²) >= 11 is 1.06. The van der Waals surface area contributed by atoms with Crippen LogP contribution in [-0.4, -0.2) is 41.0 Å². The molecule has 0 spiro atoms. The lowest BCUT2D eigenvalue weighted by molar-refractivity contribution is -0.117. The Bertz CT molecular complexity index is 731. The standard InChI is InChI=1S/C17H22N4O4S/c1-4-24-13-7-5-12(6-8-13)15-20-21-17(25-15)26-10-14(22)19-16(23)18-9-11(2)3/h5-8,11H,4,9-10H2,1-3H3,(H2,18,19,22,23). The van der Waals surface area contributed by atoms with Crippen LogP contribution in [0.1, 0.15) is 20.8 Å². The molecule has 0 atom stereocenters. The van der Waals surface area contributed by atoms with Gasteiger partial charge in [0.05, 0.1) is 12.4 Å². The number of ether oxygens (including phenoxy) is 1. The Morgan fingerprint density at radius 1 is 1.23 bits per heavy atom. The molecule has 1 aromatic heterocycles. The molecule has 0 aliphatic rings. The first-order valence-electron chi connectivity index (χ1n) is 8.25. The third kappa shape index (κ3) is 6.40. The quantitative estimate of drug-likeness (QED) is 0.680. The molecule has 2 aromatic rings. The lowest BCUT2D eigenvalue weighted by atomic mass is 10.2. The number of hydrogen-bond acceptors (Lipinski definition) is 7. The number of rotatable bonds is 8. The number of imide groups is 1. The molecule has 0 radical (unpaired) electrons. The maximum absolute atomic E-state index is 11.8. The summed E-state index contributed by atoms with van der Waals surface area (Å²) in [6, 6.07) is 6.76. The zero-order valence-electron chi connectivity index (χ0n) is 14.9. The summed E-state index contributed by atoms with van der Waals surface area (Å²) < 4.78 is 10.9. The molecule has 26 heavy (non-hydrogen) atoms. The lowest BCUT2D eigenvalue weighted by Crippen LogP contribution is -2.41. The molecule has 0 saturated carbocycles. The molecule has 9 heteroatoms. The van der Waals surface area contributed by atoms with Crippen LogP contribution in [-0.2, 0) is 4.79 Å². The highest BCUT2D eigenvalue weighted by molar-refractivity contribution is 7.99. The Kier molecular flexibility index (Phi) is 7.46. The van der Waals surface area contributed by atoms with Gasteiger partial charge in [0, 0.05) is 12.1 Å². The lowest BCUT2D eigenvalue weighted by Gasteiger charge is -2.07. The van der Waals surface area contributed by atoms with Gasteiger partial charge in [-0.05, 0) is 37.1 Å². The van der Waals surface area contributed by atoms with Crippen LogP contribution in [0.25, 0.3) is 11.5 Å². The summed E-state index contributed by atoms with van der Waals surface area (Å²) in [5, 5.41) is 13.0. The Morgan fingerprint density at radius 3 is 2.62 bits per heavy atom. The highest BCUT2D eigenvalue weighted by Gasteiger charge is 2.13. The van der Waals surface area contributed by atoms with E-state index in [1.807, 2.05) is 45.0 Å². The van der Waals surface area contributed by atoms with E-state index in [4.69, 9.17) is 9.15 Å².